The van der Waals surface area contributed by atoms with Gasteiger partial charge < -0.3 is 14.8 Å². The normalized spacial score (nSPS) is 16.9. The second-order valence-electron chi connectivity index (χ2n) is 7.50. The number of rotatable bonds is 5. The molecule has 1 saturated heterocycles. The summed E-state index contributed by atoms with van der Waals surface area (Å²) >= 11 is 0. The number of aromatic nitrogens is 1. The molecule has 5 nitrogen and oxygen atoms in total. The van der Waals surface area contributed by atoms with E-state index in [1.165, 1.54) is 19.3 Å². The Hall–Kier alpha value is -2.40. The molecule has 5 heteroatoms. The van der Waals surface area contributed by atoms with Crippen molar-refractivity contribution >= 4 is 5.91 Å². The Bertz CT molecular complexity index is 867. The molecule has 142 valence electrons. The van der Waals surface area contributed by atoms with Crippen molar-refractivity contribution in [2.75, 3.05) is 26.2 Å². The molecule has 1 amide bonds. The number of amides is 1. The van der Waals surface area contributed by atoms with Gasteiger partial charge in [0.2, 0.25) is 0 Å². The van der Waals surface area contributed by atoms with Crippen LogP contribution in [-0.4, -0.2) is 41.6 Å². The van der Waals surface area contributed by atoms with Crippen molar-refractivity contribution in [1.29, 1.82) is 0 Å². The number of carbonyl (C=O) groups excluding carboxylic acids is 1. The summed E-state index contributed by atoms with van der Waals surface area (Å²) in [6.45, 7) is 4.49. The molecule has 0 aliphatic carbocycles. The van der Waals surface area contributed by atoms with Crippen molar-refractivity contribution in [2.24, 2.45) is 0 Å². The standard InChI is InChI=1S/C22H27N3O2/c26-20-16-18(17-8-3-1-4-9-17)21(19-10-7-14-25(19)20)22(27)23-11-15-24-12-5-2-6-13-24/h1,3-4,8-9,16H,2,5-7,10-15H2,(H,23,27). The van der Waals surface area contributed by atoms with Gasteiger partial charge in [-0.2, -0.15) is 0 Å². The van der Waals surface area contributed by atoms with E-state index in [0.29, 0.717) is 18.7 Å². The minimum Gasteiger partial charge on any atom is -0.351 e. The number of piperidine rings is 1. The number of benzene rings is 1. The molecule has 27 heavy (non-hydrogen) atoms. The summed E-state index contributed by atoms with van der Waals surface area (Å²) in [6, 6.07) is 11.4. The molecule has 0 spiro atoms. The topological polar surface area (TPSA) is 54.3 Å². The van der Waals surface area contributed by atoms with Crippen LogP contribution in [0, 0.1) is 0 Å². The van der Waals surface area contributed by atoms with Gasteiger partial charge in [-0.05, 0) is 44.3 Å². The van der Waals surface area contributed by atoms with Crippen LogP contribution in [0.1, 0.15) is 41.7 Å². The van der Waals surface area contributed by atoms with Gasteiger partial charge in [0.05, 0.1) is 5.56 Å². The third-order valence-corrected chi connectivity index (χ3v) is 5.69. The Labute approximate surface area is 160 Å². The van der Waals surface area contributed by atoms with E-state index in [2.05, 4.69) is 10.2 Å². The van der Waals surface area contributed by atoms with Crippen LogP contribution in [0.4, 0.5) is 0 Å². The second kappa shape index (κ2) is 8.09. The van der Waals surface area contributed by atoms with Gasteiger partial charge in [0.15, 0.2) is 0 Å². The fraction of sp³-hybridized carbons (Fsp3) is 0.455. The average Bonchev–Trinajstić information content (AvgIpc) is 3.19. The van der Waals surface area contributed by atoms with Gasteiger partial charge in [0.1, 0.15) is 0 Å². The maximum atomic E-state index is 13.1. The number of hydrogen-bond donors (Lipinski definition) is 1. The molecule has 1 aromatic heterocycles. The number of fused-ring (bicyclic) bond motifs is 1. The van der Waals surface area contributed by atoms with E-state index in [9.17, 15) is 9.59 Å². The van der Waals surface area contributed by atoms with E-state index < -0.39 is 0 Å². The first-order valence-corrected chi connectivity index (χ1v) is 10.1. The van der Waals surface area contributed by atoms with Crippen molar-refractivity contribution in [1.82, 2.24) is 14.8 Å². The van der Waals surface area contributed by atoms with Crippen LogP contribution in [0.2, 0.25) is 0 Å². The third-order valence-electron chi connectivity index (χ3n) is 5.69. The minimum absolute atomic E-state index is 0.00813. The first-order valence-electron chi connectivity index (χ1n) is 10.1. The van der Waals surface area contributed by atoms with Crippen LogP contribution in [-0.2, 0) is 13.0 Å². The first kappa shape index (κ1) is 18.0. The molecule has 0 atom stereocenters. The van der Waals surface area contributed by atoms with Crippen LogP contribution in [0.5, 0.6) is 0 Å². The van der Waals surface area contributed by atoms with Crippen LogP contribution in [0.25, 0.3) is 11.1 Å². The lowest BCUT2D eigenvalue weighted by atomic mass is 9.97. The molecular weight excluding hydrogens is 338 g/mol. The molecule has 1 N–H and O–H groups in total. The quantitative estimate of drug-likeness (QED) is 0.886. The zero-order valence-electron chi connectivity index (χ0n) is 15.7. The molecule has 4 rings (SSSR count). The lowest BCUT2D eigenvalue weighted by Gasteiger charge is -2.26. The Balaban J connectivity index is 1.59. The Morgan fingerprint density at radius 1 is 1.00 bits per heavy atom. The van der Waals surface area contributed by atoms with Crippen molar-refractivity contribution in [3.63, 3.8) is 0 Å². The van der Waals surface area contributed by atoms with Crippen molar-refractivity contribution in [2.45, 2.75) is 38.6 Å². The summed E-state index contributed by atoms with van der Waals surface area (Å²) < 4.78 is 1.77. The van der Waals surface area contributed by atoms with Crippen LogP contribution >= 0.6 is 0 Å². The highest BCUT2D eigenvalue weighted by Crippen LogP contribution is 2.28. The van der Waals surface area contributed by atoms with Crippen molar-refractivity contribution in [3.05, 3.63) is 58.0 Å². The molecule has 1 fully saturated rings. The fourth-order valence-electron chi connectivity index (χ4n) is 4.30. The largest absolute Gasteiger partial charge is 0.351 e. The minimum atomic E-state index is -0.0588. The second-order valence-corrected chi connectivity index (χ2v) is 7.50. The predicted molar refractivity (Wildman–Crippen MR) is 107 cm³/mol. The third kappa shape index (κ3) is 3.83. The molecule has 0 radical (unpaired) electrons. The number of nitrogens with one attached hydrogen (secondary N) is 1. The Morgan fingerprint density at radius 2 is 1.78 bits per heavy atom. The highest BCUT2D eigenvalue weighted by molar-refractivity contribution is 6.02. The zero-order chi connectivity index (χ0) is 18.6. The monoisotopic (exact) mass is 365 g/mol. The number of pyridine rings is 1. The summed E-state index contributed by atoms with van der Waals surface area (Å²) in [4.78, 5) is 28.1. The van der Waals surface area contributed by atoms with Gasteiger partial charge in [-0.15, -0.1) is 0 Å². The van der Waals surface area contributed by atoms with Crippen molar-refractivity contribution in [3.8, 4) is 11.1 Å². The molecule has 0 saturated carbocycles. The molecular formula is C22H27N3O2. The van der Waals surface area contributed by atoms with E-state index >= 15 is 0 Å². The maximum Gasteiger partial charge on any atom is 0.253 e. The number of hydrogen-bond acceptors (Lipinski definition) is 3. The van der Waals surface area contributed by atoms with Gasteiger partial charge in [0, 0.05) is 37.0 Å². The summed E-state index contributed by atoms with van der Waals surface area (Å²) in [5.74, 6) is -0.0588. The van der Waals surface area contributed by atoms with Gasteiger partial charge in [-0.25, -0.2) is 0 Å². The number of carbonyl (C=O) groups is 1. The predicted octanol–water partition coefficient (Wildman–Crippen LogP) is 2.68. The molecule has 2 aliphatic heterocycles. The zero-order valence-corrected chi connectivity index (χ0v) is 15.7. The average molecular weight is 365 g/mol. The SMILES string of the molecule is O=C(NCCN1CCCCC1)c1c(-c2ccccc2)cc(=O)n2c1CCC2. The summed E-state index contributed by atoms with van der Waals surface area (Å²) in [5, 5.41) is 3.11. The highest BCUT2D eigenvalue weighted by Gasteiger charge is 2.25. The van der Waals surface area contributed by atoms with Crippen molar-refractivity contribution < 1.29 is 4.79 Å². The van der Waals surface area contributed by atoms with Gasteiger partial charge in [-0.1, -0.05) is 36.8 Å². The fourth-order valence-corrected chi connectivity index (χ4v) is 4.30. The van der Waals surface area contributed by atoms with E-state index in [-0.39, 0.29) is 11.5 Å². The van der Waals surface area contributed by atoms with E-state index in [0.717, 1.165) is 49.3 Å². The smallest absolute Gasteiger partial charge is 0.253 e. The summed E-state index contributed by atoms with van der Waals surface area (Å²) in [7, 11) is 0. The lowest BCUT2D eigenvalue weighted by molar-refractivity contribution is 0.0945. The maximum absolute atomic E-state index is 13.1. The summed E-state index contributed by atoms with van der Waals surface area (Å²) in [5.41, 5.74) is 3.23. The number of nitrogens with zero attached hydrogens (tertiary/aromatic N) is 2. The van der Waals surface area contributed by atoms with Crippen LogP contribution in [0.3, 0.4) is 0 Å². The molecule has 2 aromatic rings. The van der Waals surface area contributed by atoms with E-state index in [1.807, 2.05) is 30.3 Å². The first-order chi connectivity index (χ1) is 13.2. The van der Waals surface area contributed by atoms with E-state index in [1.54, 1.807) is 10.6 Å². The van der Waals surface area contributed by atoms with Crippen LogP contribution < -0.4 is 10.9 Å². The summed E-state index contributed by atoms with van der Waals surface area (Å²) in [6.07, 6.45) is 5.52. The molecule has 0 bridgehead atoms. The molecule has 0 unspecified atom stereocenters. The Morgan fingerprint density at radius 3 is 2.56 bits per heavy atom. The highest BCUT2D eigenvalue weighted by atomic mass is 16.2. The molecule has 2 aliphatic rings. The lowest BCUT2D eigenvalue weighted by Crippen LogP contribution is -2.38. The van der Waals surface area contributed by atoms with Gasteiger partial charge in [-0.3, -0.25) is 9.59 Å². The number of likely N-dealkylation sites (tertiary alicyclic amines) is 1. The van der Waals surface area contributed by atoms with Crippen LogP contribution in [0.15, 0.2) is 41.2 Å². The van der Waals surface area contributed by atoms with E-state index in [4.69, 9.17) is 0 Å². The van der Waals surface area contributed by atoms with Gasteiger partial charge in [0.25, 0.3) is 11.5 Å². The molecule has 1 aromatic carbocycles. The van der Waals surface area contributed by atoms with Gasteiger partial charge >= 0.3 is 0 Å². The Kier molecular flexibility index (Phi) is 5.39. The molecule has 3 heterocycles.